The molecule has 0 fully saturated rings. The van der Waals surface area contributed by atoms with E-state index >= 15 is 0 Å². The molecule has 23 heavy (non-hydrogen) atoms. The van der Waals surface area contributed by atoms with Crippen LogP contribution in [0.1, 0.15) is 16.0 Å². The zero-order valence-electron chi connectivity index (χ0n) is 12.8. The molecule has 2 rings (SSSR count). The van der Waals surface area contributed by atoms with Crippen LogP contribution in [0.5, 0.6) is 5.75 Å². The summed E-state index contributed by atoms with van der Waals surface area (Å²) >= 11 is 1.60. The molecule has 0 aliphatic rings. The molecule has 0 bridgehead atoms. The van der Waals surface area contributed by atoms with Gasteiger partial charge in [-0.3, -0.25) is 4.79 Å². The first kappa shape index (κ1) is 17.1. The van der Waals surface area contributed by atoms with E-state index in [1.54, 1.807) is 41.5 Å². The first-order valence-electron chi connectivity index (χ1n) is 6.97. The highest BCUT2D eigenvalue weighted by Gasteiger charge is 2.10. The lowest BCUT2D eigenvalue weighted by Gasteiger charge is -2.14. The summed E-state index contributed by atoms with van der Waals surface area (Å²) in [5.74, 6) is -0.159. The first-order valence-corrected chi connectivity index (χ1v) is 7.85. The van der Waals surface area contributed by atoms with Gasteiger partial charge in [-0.15, -0.1) is 11.3 Å². The molecule has 6 heteroatoms. The number of alkyl halides is 2. The number of thiophene rings is 1. The summed E-state index contributed by atoms with van der Waals surface area (Å²) in [4.78, 5) is 14.8. The zero-order chi connectivity index (χ0) is 16.8. The van der Waals surface area contributed by atoms with Gasteiger partial charge in [0.1, 0.15) is 5.75 Å². The van der Waals surface area contributed by atoms with E-state index in [9.17, 15) is 13.6 Å². The Balaban J connectivity index is 2.05. The second kappa shape index (κ2) is 7.87. The molecule has 2 aromatic rings. The molecule has 0 unspecified atom stereocenters. The van der Waals surface area contributed by atoms with Crippen LogP contribution in [0.25, 0.3) is 6.08 Å². The van der Waals surface area contributed by atoms with Gasteiger partial charge >= 0.3 is 6.61 Å². The summed E-state index contributed by atoms with van der Waals surface area (Å²) in [6.07, 6.45) is 2.84. The number of carbonyl (C=O) groups excluding carboxylic acids is 1. The van der Waals surface area contributed by atoms with Crippen LogP contribution in [0.2, 0.25) is 0 Å². The molecule has 0 saturated carbocycles. The molecule has 0 spiro atoms. The Morgan fingerprint density at radius 1 is 1.35 bits per heavy atom. The fourth-order valence-electron chi connectivity index (χ4n) is 1.97. The van der Waals surface area contributed by atoms with Crippen LogP contribution in [-0.2, 0) is 11.3 Å². The Kier molecular flexibility index (Phi) is 5.87. The first-order chi connectivity index (χ1) is 11.0. The lowest BCUT2D eigenvalue weighted by molar-refractivity contribution is -0.125. The summed E-state index contributed by atoms with van der Waals surface area (Å²) in [5, 5.41) is 1.98. The maximum absolute atomic E-state index is 12.4. The number of hydrogen-bond donors (Lipinski definition) is 0. The van der Waals surface area contributed by atoms with Crippen molar-refractivity contribution in [3.05, 3.63) is 57.8 Å². The lowest BCUT2D eigenvalue weighted by Crippen LogP contribution is -2.23. The number of para-hydroxylation sites is 1. The van der Waals surface area contributed by atoms with E-state index < -0.39 is 6.61 Å². The molecule has 1 amide bonds. The molecule has 1 aromatic heterocycles. The van der Waals surface area contributed by atoms with Crippen molar-refractivity contribution in [2.75, 3.05) is 7.05 Å². The highest BCUT2D eigenvalue weighted by atomic mass is 32.1. The van der Waals surface area contributed by atoms with Crippen molar-refractivity contribution in [3.8, 4) is 5.75 Å². The van der Waals surface area contributed by atoms with Crippen molar-refractivity contribution in [1.29, 1.82) is 0 Å². The van der Waals surface area contributed by atoms with Crippen molar-refractivity contribution >= 4 is 23.3 Å². The third-order valence-corrected chi connectivity index (χ3v) is 4.27. The van der Waals surface area contributed by atoms with E-state index in [0.717, 1.165) is 10.4 Å². The molecule has 0 N–H and O–H groups in total. The fraction of sp³-hybridized carbons (Fsp3) is 0.235. The van der Waals surface area contributed by atoms with E-state index in [0.29, 0.717) is 12.1 Å². The number of nitrogens with zero attached hydrogens (tertiary/aromatic N) is 1. The van der Waals surface area contributed by atoms with Crippen molar-refractivity contribution < 1.29 is 18.3 Å². The summed E-state index contributed by atoms with van der Waals surface area (Å²) in [6.45, 7) is -0.385. The highest BCUT2D eigenvalue weighted by molar-refractivity contribution is 7.10. The number of amides is 1. The molecular formula is C17H17F2NO2S. The minimum absolute atomic E-state index is 0.0447. The standard InChI is InChI=1S/C17H17F2NO2S/c1-12-9-10-23-15(12)11-20(2)16(21)8-7-13-5-3-4-6-14(13)22-17(18)19/h3-10,17H,11H2,1-2H3/b8-7+. The molecule has 122 valence electrons. The Labute approximate surface area is 137 Å². The Morgan fingerprint density at radius 2 is 2.09 bits per heavy atom. The van der Waals surface area contributed by atoms with Gasteiger partial charge in [0.05, 0.1) is 6.54 Å². The van der Waals surface area contributed by atoms with E-state index in [2.05, 4.69) is 4.74 Å². The lowest BCUT2D eigenvalue weighted by atomic mass is 10.2. The molecule has 0 aliphatic heterocycles. The van der Waals surface area contributed by atoms with Crippen LogP contribution in [0.15, 0.2) is 41.8 Å². The van der Waals surface area contributed by atoms with E-state index in [-0.39, 0.29) is 11.7 Å². The topological polar surface area (TPSA) is 29.5 Å². The normalized spacial score (nSPS) is 11.2. The van der Waals surface area contributed by atoms with Crippen LogP contribution >= 0.6 is 11.3 Å². The quantitative estimate of drug-likeness (QED) is 0.734. The molecule has 1 heterocycles. The number of ether oxygens (including phenoxy) is 1. The Morgan fingerprint density at radius 3 is 2.74 bits per heavy atom. The van der Waals surface area contributed by atoms with Gasteiger partial charge in [0, 0.05) is 23.6 Å². The minimum atomic E-state index is -2.90. The van der Waals surface area contributed by atoms with E-state index in [1.165, 1.54) is 18.2 Å². The minimum Gasteiger partial charge on any atom is -0.434 e. The smallest absolute Gasteiger partial charge is 0.387 e. The summed E-state index contributed by atoms with van der Waals surface area (Å²) in [5.41, 5.74) is 1.58. The van der Waals surface area contributed by atoms with Gasteiger partial charge in [0.2, 0.25) is 5.91 Å². The average Bonchev–Trinajstić information content (AvgIpc) is 2.90. The van der Waals surface area contributed by atoms with Crippen LogP contribution in [-0.4, -0.2) is 24.5 Å². The van der Waals surface area contributed by atoms with Crippen molar-refractivity contribution in [2.45, 2.75) is 20.1 Å². The number of hydrogen-bond acceptors (Lipinski definition) is 3. The van der Waals surface area contributed by atoms with Crippen molar-refractivity contribution in [2.24, 2.45) is 0 Å². The van der Waals surface area contributed by atoms with Gasteiger partial charge in [0.25, 0.3) is 0 Å². The monoisotopic (exact) mass is 337 g/mol. The largest absolute Gasteiger partial charge is 0.434 e. The summed E-state index contributed by atoms with van der Waals surface area (Å²) in [6, 6.07) is 8.36. The van der Waals surface area contributed by atoms with Gasteiger partial charge in [-0.2, -0.15) is 8.78 Å². The fourth-order valence-corrected chi connectivity index (χ4v) is 2.93. The molecule has 0 atom stereocenters. The maximum atomic E-state index is 12.4. The number of rotatable bonds is 6. The Bertz CT molecular complexity index is 697. The van der Waals surface area contributed by atoms with E-state index in [4.69, 9.17) is 0 Å². The van der Waals surface area contributed by atoms with Gasteiger partial charge in [-0.05, 0) is 36.1 Å². The molecule has 0 saturated heterocycles. The summed E-state index contributed by atoms with van der Waals surface area (Å²) < 4.78 is 29.1. The second-order valence-electron chi connectivity index (χ2n) is 4.97. The molecular weight excluding hydrogens is 320 g/mol. The van der Waals surface area contributed by atoms with Crippen molar-refractivity contribution in [3.63, 3.8) is 0 Å². The second-order valence-corrected chi connectivity index (χ2v) is 5.97. The number of benzene rings is 1. The van der Waals surface area contributed by atoms with Crippen molar-refractivity contribution in [1.82, 2.24) is 4.90 Å². The van der Waals surface area contributed by atoms with Gasteiger partial charge in [-0.25, -0.2) is 0 Å². The highest BCUT2D eigenvalue weighted by Crippen LogP contribution is 2.22. The zero-order valence-corrected chi connectivity index (χ0v) is 13.6. The van der Waals surface area contributed by atoms with Crippen LogP contribution < -0.4 is 4.74 Å². The number of carbonyl (C=O) groups is 1. The average molecular weight is 337 g/mol. The third-order valence-electron chi connectivity index (χ3n) is 3.27. The third kappa shape index (κ3) is 4.89. The molecule has 1 aromatic carbocycles. The van der Waals surface area contributed by atoms with E-state index in [1.807, 2.05) is 18.4 Å². The number of halogens is 2. The summed E-state index contributed by atoms with van der Waals surface area (Å²) in [7, 11) is 1.70. The van der Waals surface area contributed by atoms with Crippen LogP contribution in [0.3, 0.4) is 0 Å². The van der Waals surface area contributed by atoms with Gasteiger partial charge in [-0.1, -0.05) is 18.2 Å². The SMILES string of the molecule is Cc1ccsc1CN(C)C(=O)/C=C/c1ccccc1OC(F)F. The predicted octanol–water partition coefficient (Wildman–Crippen LogP) is 4.33. The van der Waals surface area contributed by atoms with Crippen LogP contribution in [0, 0.1) is 6.92 Å². The molecule has 3 nitrogen and oxygen atoms in total. The predicted molar refractivity (Wildman–Crippen MR) is 87.6 cm³/mol. The number of aryl methyl sites for hydroxylation is 1. The maximum Gasteiger partial charge on any atom is 0.387 e. The molecule has 0 aliphatic carbocycles. The van der Waals surface area contributed by atoms with Gasteiger partial charge < -0.3 is 9.64 Å². The Hall–Kier alpha value is -2.21. The van der Waals surface area contributed by atoms with Gasteiger partial charge in [0.15, 0.2) is 0 Å². The number of likely N-dealkylation sites (N-methyl/N-ethyl adjacent to an activating group) is 1. The van der Waals surface area contributed by atoms with Crippen LogP contribution in [0.4, 0.5) is 8.78 Å². The molecule has 0 radical (unpaired) electrons.